The van der Waals surface area contributed by atoms with Gasteiger partial charge in [-0.1, -0.05) is 29.8 Å². The molecule has 2 rings (SSSR count). The Morgan fingerprint density at radius 2 is 2.05 bits per heavy atom. The summed E-state index contributed by atoms with van der Waals surface area (Å²) in [4.78, 5) is 12.0. The number of carbonyl (C=O) groups excluding carboxylic acids is 1. The second kappa shape index (κ2) is 6.66. The standard InChI is InChI=1S/C16H15BrFNO/c1-11-3-2-4-12(9-11)7-8-19-16(20)14-10-13(18)5-6-15(14)17/h2-6,9-10H,7-8H2,1H3,(H,19,20). The molecule has 0 bridgehead atoms. The fourth-order valence-electron chi connectivity index (χ4n) is 1.95. The molecule has 2 aromatic carbocycles. The number of amides is 1. The molecule has 0 saturated carbocycles. The molecule has 4 heteroatoms. The lowest BCUT2D eigenvalue weighted by molar-refractivity contribution is 0.0953. The van der Waals surface area contributed by atoms with Gasteiger partial charge in [0.15, 0.2) is 0 Å². The van der Waals surface area contributed by atoms with Gasteiger partial charge in [-0.25, -0.2) is 4.39 Å². The zero-order chi connectivity index (χ0) is 14.5. The molecule has 0 heterocycles. The van der Waals surface area contributed by atoms with Crippen LogP contribution in [0.3, 0.4) is 0 Å². The van der Waals surface area contributed by atoms with Gasteiger partial charge < -0.3 is 5.32 Å². The van der Waals surface area contributed by atoms with Crippen LogP contribution < -0.4 is 5.32 Å². The summed E-state index contributed by atoms with van der Waals surface area (Å²) >= 11 is 3.25. The van der Waals surface area contributed by atoms with Crippen molar-refractivity contribution in [2.24, 2.45) is 0 Å². The number of carbonyl (C=O) groups is 1. The van der Waals surface area contributed by atoms with E-state index in [1.165, 1.54) is 29.3 Å². The van der Waals surface area contributed by atoms with Crippen molar-refractivity contribution in [3.63, 3.8) is 0 Å². The van der Waals surface area contributed by atoms with Crippen molar-refractivity contribution in [3.8, 4) is 0 Å². The molecular formula is C16H15BrFNO. The Morgan fingerprint density at radius 1 is 1.25 bits per heavy atom. The summed E-state index contributed by atoms with van der Waals surface area (Å²) in [5.74, 6) is -0.693. The van der Waals surface area contributed by atoms with Crippen molar-refractivity contribution in [2.75, 3.05) is 6.54 Å². The minimum Gasteiger partial charge on any atom is -0.352 e. The van der Waals surface area contributed by atoms with E-state index in [9.17, 15) is 9.18 Å². The summed E-state index contributed by atoms with van der Waals surface area (Å²) < 4.78 is 13.7. The SMILES string of the molecule is Cc1cccc(CCNC(=O)c2cc(F)ccc2Br)c1. The van der Waals surface area contributed by atoms with Crippen molar-refractivity contribution >= 4 is 21.8 Å². The minimum atomic E-state index is -0.419. The summed E-state index contributed by atoms with van der Waals surface area (Å²) in [6.07, 6.45) is 0.750. The van der Waals surface area contributed by atoms with Crippen LogP contribution >= 0.6 is 15.9 Å². The predicted molar refractivity (Wildman–Crippen MR) is 81.3 cm³/mol. The number of rotatable bonds is 4. The van der Waals surface area contributed by atoms with E-state index in [2.05, 4.69) is 27.3 Å². The van der Waals surface area contributed by atoms with Gasteiger partial charge in [0.2, 0.25) is 0 Å². The van der Waals surface area contributed by atoms with Crippen molar-refractivity contribution < 1.29 is 9.18 Å². The number of hydrogen-bond donors (Lipinski definition) is 1. The maximum atomic E-state index is 13.1. The highest BCUT2D eigenvalue weighted by Crippen LogP contribution is 2.17. The highest BCUT2D eigenvalue weighted by atomic mass is 79.9. The molecule has 1 N–H and O–H groups in total. The summed E-state index contributed by atoms with van der Waals surface area (Å²) in [6.45, 7) is 2.55. The average molecular weight is 336 g/mol. The monoisotopic (exact) mass is 335 g/mol. The molecule has 0 aromatic heterocycles. The molecule has 0 radical (unpaired) electrons. The van der Waals surface area contributed by atoms with Crippen LogP contribution in [0.4, 0.5) is 4.39 Å². The predicted octanol–water partition coefficient (Wildman–Crippen LogP) is 3.87. The Balaban J connectivity index is 1.94. The number of aryl methyl sites for hydroxylation is 1. The zero-order valence-corrected chi connectivity index (χ0v) is 12.7. The van der Waals surface area contributed by atoms with E-state index in [0.717, 1.165) is 6.42 Å². The molecule has 2 aromatic rings. The van der Waals surface area contributed by atoms with E-state index in [1.54, 1.807) is 0 Å². The highest BCUT2D eigenvalue weighted by molar-refractivity contribution is 9.10. The zero-order valence-electron chi connectivity index (χ0n) is 11.1. The van der Waals surface area contributed by atoms with Gasteiger partial charge in [0.25, 0.3) is 5.91 Å². The molecule has 0 atom stereocenters. The Bertz CT molecular complexity index is 628. The highest BCUT2D eigenvalue weighted by Gasteiger charge is 2.10. The number of benzene rings is 2. The molecule has 104 valence electrons. The van der Waals surface area contributed by atoms with Crippen LogP contribution in [0.1, 0.15) is 21.5 Å². The van der Waals surface area contributed by atoms with Gasteiger partial charge in [-0.2, -0.15) is 0 Å². The number of hydrogen-bond acceptors (Lipinski definition) is 1. The first-order valence-electron chi connectivity index (χ1n) is 6.35. The second-order valence-corrected chi connectivity index (χ2v) is 5.47. The fourth-order valence-corrected chi connectivity index (χ4v) is 2.38. The van der Waals surface area contributed by atoms with E-state index >= 15 is 0 Å². The Kier molecular flexibility index (Phi) is 4.90. The minimum absolute atomic E-state index is 0.274. The van der Waals surface area contributed by atoms with Crippen molar-refractivity contribution in [3.05, 3.63) is 69.4 Å². The molecule has 2 nitrogen and oxygen atoms in total. The summed E-state index contributed by atoms with van der Waals surface area (Å²) in [7, 11) is 0. The molecule has 0 saturated heterocycles. The molecule has 20 heavy (non-hydrogen) atoms. The van der Waals surface area contributed by atoms with Gasteiger partial charge in [0.1, 0.15) is 5.82 Å². The van der Waals surface area contributed by atoms with E-state index in [1.807, 2.05) is 25.1 Å². The molecule has 0 spiro atoms. The average Bonchev–Trinajstić information content (AvgIpc) is 2.41. The molecule has 1 amide bonds. The third kappa shape index (κ3) is 3.90. The first-order chi connectivity index (χ1) is 9.56. The molecule has 0 aliphatic carbocycles. The van der Waals surface area contributed by atoms with Crippen molar-refractivity contribution in [1.82, 2.24) is 5.32 Å². The largest absolute Gasteiger partial charge is 0.352 e. The maximum absolute atomic E-state index is 13.1. The Hall–Kier alpha value is -1.68. The van der Waals surface area contributed by atoms with E-state index < -0.39 is 5.82 Å². The summed E-state index contributed by atoms with van der Waals surface area (Å²) in [6, 6.07) is 12.2. The maximum Gasteiger partial charge on any atom is 0.252 e. The van der Waals surface area contributed by atoms with Crippen molar-refractivity contribution in [2.45, 2.75) is 13.3 Å². The van der Waals surface area contributed by atoms with Gasteiger partial charge in [0.05, 0.1) is 5.56 Å². The van der Waals surface area contributed by atoms with Gasteiger partial charge >= 0.3 is 0 Å². The Morgan fingerprint density at radius 3 is 2.80 bits per heavy atom. The van der Waals surface area contributed by atoms with Crippen molar-refractivity contribution in [1.29, 1.82) is 0 Å². The summed E-state index contributed by atoms with van der Waals surface area (Å²) in [5, 5.41) is 2.80. The van der Waals surface area contributed by atoms with Crippen LogP contribution in [-0.4, -0.2) is 12.5 Å². The third-order valence-electron chi connectivity index (χ3n) is 2.95. The molecular weight excluding hydrogens is 321 g/mol. The lowest BCUT2D eigenvalue weighted by Gasteiger charge is -2.07. The van der Waals surface area contributed by atoms with E-state index in [0.29, 0.717) is 16.6 Å². The topological polar surface area (TPSA) is 29.1 Å². The second-order valence-electron chi connectivity index (χ2n) is 4.62. The first kappa shape index (κ1) is 14.7. The van der Waals surface area contributed by atoms with Gasteiger partial charge in [-0.15, -0.1) is 0 Å². The fraction of sp³-hybridized carbons (Fsp3) is 0.188. The normalized spacial score (nSPS) is 10.3. The van der Waals surface area contributed by atoms with E-state index in [-0.39, 0.29) is 5.91 Å². The van der Waals surface area contributed by atoms with Crippen LogP contribution in [0.2, 0.25) is 0 Å². The number of halogens is 2. The molecule has 0 aliphatic rings. The summed E-state index contributed by atoms with van der Waals surface area (Å²) in [5.41, 5.74) is 2.68. The quantitative estimate of drug-likeness (QED) is 0.902. The van der Waals surface area contributed by atoms with Crippen LogP contribution in [0.25, 0.3) is 0 Å². The Labute approximate surface area is 126 Å². The first-order valence-corrected chi connectivity index (χ1v) is 7.14. The number of nitrogens with one attached hydrogen (secondary N) is 1. The van der Waals surface area contributed by atoms with Crippen LogP contribution in [0, 0.1) is 12.7 Å². The van der Waals surface area contributed by atoms with E-state index in [4.69, 9.17) is 0 Å². The van der Waals surface area contributed by atoms with Gasteiger partial charge in [-0.05, 0) is 53.0 Å². The third-order valence-corrected chi connectivity index (χ3v) is 3.65. The van der Waals surface area contributed by atoms with Crippen LogP contribution in [0.15, 0.2) is 46.9 Å². The molecule has 0 fully saturated rings. The molecule has 0 aliphatic heterocycles. The smallest absolute Gasteiger partial charge is 0.252 e. The lowest BCUT2D eigenvalue weighted by Crippen LogP contribution is -2.26. The van der Waals surface area contributed by atoms with Gasteiger partial charge in [-0.3, -0.25) is 4.79 Å². The lowest BCUT2D eigenvalue weighted by atomic mass is 10.1. The van der Waals surface area contributed by atoms with Crippen LogP contribution in [-0.2, 0) is 6.42 Å². The molecule has 0 unspecified atom stereocenters. The van der Waals surface area contributed by atoms with Gasteiger partial charge in [0, 0.05) is 11.0 Å². The van der Waals surface area contributed by atoms with Crippen LogP contribution in [0.5, 0.6) is 0 Å².